The maximum absolute atomic E-state index is 10.2. The molecule has 1 rings (SSSR count). The molecule has 1 unspecified atom stereocenters. The molecule has 0 bridgehead atoms. The van der Waals surface area contributed by atoms with Crippen molar-refractivity contribution in [2.45, 2.75) is 38.8 Å². The zero-order valence-corrected chi connectivity index (χ0v) is 11.3. The largest absolute Gasteiger partial charge is 0.399 e. The monoisotopic (exact) mass is 236 g/mol. The molecule has 1 atom stereocenters. The second kappa shape index (κ2) is 5.52. The highest BCUT2D eigenvalue weighted by atomic mass is 16.3. The Kier molecular flexibility index (Phi) is 4.54. The van der Waals surface area contributed by atoms with Gasteiger partial charge in [-0.3, -0.25) is 4.90 Å². The van der Waals surface area contributed by atoms with Gasteiger partial charge >= 0.3 is 0 Å². The SMILES string of the molecule is CCC(C)(C)N(C)CC(O)c1cccc(N)c1. The average Bonchev–Trinajstić information content (AvgIpc) is 2.28. The molecule has 1 aromatic carbocycles. The fourth-order valence-corrected chi connectivity index (χ4v) is 1.65. The van der Waals surface area contributed by atoms with E-state index in [0.717, 1.165) is 12.0 Å². The summed E-state index contributed by atoms with van der Waals surface area (Å²) < 4.78 is 0. The molecule has 0 amide bonds. The number of anilines is 1. The Labute approximate surface area is 104 Å². The van der Waals surface area contributed by atoms with Crippen LogP contribution in [-0.2, 0) is 0 Å². The van der Waals surface area contributed by atoms with Gasteiger partial charge in [-0.1, -0.05) is 19.1 Å². The fraction of sp³-hybridized carbons (Fsp3) is 0.571. The third-order valence-electron chi connectivity index (χ3n) is 3.64. The Hall–Kier alpha value is -1.06. The van der Waals surface area contributed by atoms with Crippen molar-refractivity contribution in [1.82, 2.24) is 4.90 Å². The predicted octanol–water partition coefficient (Wildman–Crippen LogP) is 2.42. The number of benzene rings is 1. The summed E-state index contributed by atoms with van der Waals surface area (Å²) in [7, 11) is 2.04. The van der Waals surface area contributed by atoms with Gasteiger partial charge in [0.2, 0.25) is 0 Å². The van der Waals surface area contributed by atoms with Crippen LogP contribution >= 0.6 is 0 Å². The summed E-state index contributed by atoms with van der Waals surface area (Å²) in [6, 6.07) is 7.44. The van der Waals surface area contributed by atoms with Crippen molar-refractivity contribution < 1.29 is 5.11 Å². The lowest BCUT2D eigenvalue weighted by Crippen LogP contribution is -2.42. The summed E-state index contributed by atoms with van der Waals surface area (Å²) in [4.78, 5) is 2.18. The number of aliphatic hydroxyl groups is 1. The molecule has 0 heterocycles. The van der Waals surface area contributed by atoms with Crippen LogP contribution in [-0.4, -0.2) is 29.1 Å². The third kappa shape index (κ3) is 3.72. The fourth-order valence-electron chi connectivity index (χ4n) is 1.65. The van der Waals surface area contributed by atoms with Crippen LogP contribution in [0.15, 0.2) is 24.3 Å². The van der Waals surface area contributed by atoms with E-state index in [1.807, 2.05) is 31.3 Å². The Balaban J connectivity index is 2.69. The molecule has 0 fully saturated rings. The molecule has 0 aliphatic rings. The lowest BCUT2D eigenvalue weighted by molar-refractivity contribution is 0.0686. The van der Waals surface area contributed by atoms with Gasteiger partial charge in [0.05, 0.1) is 6.10 Å². The molecule has 0 spiro atoms. The van der Waals surface area contributed by atoms with Crippen LogP contribution in [0.5, 0.6) is 0 Å². The van der Waals surface area contributed by atoms with Crippen molar-refractivity contribution in [2.24, 2.45) is 0 Å². The second-order valence-corrected chi connectivity index (χ2v) is 5.23. The van der Waals surface area contributed by atoms with Gasteiger partial charge in [0.25, 0.3) is 0 Å². The number of nitrogen functional groups attached to an aromatic ring is 1. The van der Waals surface area contributed by atoms with Crippen LogP contribution in [0.25, 0.3) is 0 Å². The Morgan fingerprint density at radius 2 is 2.06 bits per heavy atom. The van der Waals surface area contributed by atoms with Crippen molar-refractivity contribution >= 4 is 5.69 Å². The van der Waals surface area contributed by atoms with E-state index in [1.54, 1.807) is 0 Å². The number of hydrogen-bond donors (Lipinski definition) is 2. The maximum Gasteiger partial charge on any atom is 0.0917 e. The van der Waals surface area contributed by atoms with E-state index in [-0.39, 0.29) is 5.54 Å². The van der Waals surface area contributed by atoms with Gasteiger partial charge in [-0.25, -0.2) is 0 Å². The van der Waals surface area contributed by atoms with Crippen LogP contribution in [0, 0.1) is 0 Å². The van der Waals surface area contributed by atoms with Crippen molar-refractivity contribution in [3.8, 4) is 0 Å². The minimum Gasteiger partial charge on any atom is -0.399 e. The average molecular weight is 236 g/mol. The summed E-state index contributed by atoms with van der Waals surface area (Å²) in [6.45, 7) is 7.13. The highest BCUT2D eigenvalue weighted by Gasteiger charge is 2.23. The molecule has 0 saturated carbocycles. The molecule has 0 aromatic heterocycles. The topological polar surface area (TPSA) is 49.5 Å². The van der Waals surface area contributed by atoms with Gasteiger partial charge < -0.3 is 10.8 Å². The van der Waals surface area contributed by atoms with Crippen LogP contribution < -0.4 is 5.73 Å². The minimum atomic E-state index is -0.491. The Morgan fingerprint density at radius 1 is 1.41 bits per heavy atom. The summed E-state index contributed by atoms with van der Waals surface area (Å²) in [6.07, 6.45) is 0.557. The second-order valence-electron chi connectivity index (χ2n) is 5.23. The molecule has 0 aliphatic heterocycles. The molecule has 17 heavy (non-hydrogen) atoms. The van der Waals surface area contributed by atoms with Crippen LogP contribution in [0.3, 0.4) is 0 Å². The number of rotatable bonds is 5. The van der Waals surface area contributed by atoms with Crippen molar-refractivity contribution in [3.63, 3.8) is 0 Å². The molecule has 0 aliphatic carbocycles. The van der Waals surface area contributed by atoms with Gasteiger partial charge in [-0.15, -0.1) is 0 Å². The number of nitrogens with two attached hydrogens (primary N) is 1. The highest BCUT2D eigenvalue weighted by molar-refractivity contribution is 5.41. The van der Waals surface area contributed by atoms with Gasteiger partial charge in [-0.2, -0.15) is 0 Å². The van der Waals surface area contributed by atoms with Gasteiger partial charge in [0.1, 0.15) is 0 Å². The van der Waals surface area contributed by atoms with E-state index in [4.69, 9.17) is 5.73 Å². The summed E-state index contributed by atoms with van der Waals surface area (Å²) >= 11 is 0. The summed E-state index contributed by atoms with van der Waals surface area (Å²) in [5.41, 5.74) is 7.38. The Bertz CT molecular complexity index is 363. The minimum absolute atomic E-state index is 0.0985. The first-order valence-corrected chi connectivity index (χ1v) is 6.11. The van der Waals surface area contributed by atoms with E-state index in [0.29, 0.717) is 12.2 Å². The van der Waals surface area contributed by atoms with E-state index in [1.165, 1.54) is 0 Å². The van der Waals surface area contributed by atoms with Crippen LogP contribution in [0.4, 0.5) is 5.69 Å². The summed E-state index contributed by atoms with van der Waals surface area (Å²) in [5.74, 6) is 0. The van der Waals surface area contributed by atoms with Gasteiger partial charge in [0, 0.05) is 17.8 Å². The summed E-state index contributed by atoms with van der Waals surface area (Å²) in [5, 5.41) is 10.2. The Morgan fingerprint density at radius 3 is 2.59 bits per heavy atom. The zero-order valence-electron chi connectivity index (χ0n) is 11.3. The molecular formula is C14H24N2O. The molecule has 0 saturated heterocycles. The zero-order chi connectivity index (χ0) is 13.1. The first-order valence-electron chi connectivity index (χ1n) is 6.11. The quantitative estimate of drug-likeness (QED) is 0.772. The lowest BCUT2D eigenvalue weighted by atomic mass is 9.98. The normalized spacial score (nSPS) is 14.0. The van der Waals surface area contributed by atoms with Crippen molar-refractivity contribution in [3.05, 3.63) is 29.8 Å². The first kappa shape index (κ1) is 14.0. The molecular weight excluding hydrogens is 212 g/mol. The molecule has 96 valence electrons. The number of likely N-dealkylation sites (N-methyl/N-ethyl adjacent to an activating group) is 1. The number of hydrogen-bond acceptors (Lipinski definition) is 3. The number of β-amino-alcohol motifs (C(OH)–C–C–N with tert-alkyl or cyclic N) is 1. The molecule has 3 N–H and O–H groups in total. The van der Waals surface area contributed by atoms with Crippen molar-refractivity contribution in [2.75, 3.05) is 19.3 Å². The maximum atomic E-state index is 10.2. The van der Waals surface area contributed by atoms with Crippen LogP contribution in [0.2, 0.25) is 0 Å². The lowest BCUT2D eigenvalue weighted by Gasteiger charge is -2.36. The number of aliphatic hydroxyl groups excluding tert-OH is 1. The first-order chi connectivity index (χ1) is 7.86. The smallest absolute Gasteiger partial charge is 0.0917 e. The standard InChI is InChI=1S/C14H24N2O/c1-5-14(2,3)16(4)10-13(17)11-7-6-8-12(15)9-11/h6-9,13,17H,5,10,15H2,1-4H3. The van der Waals surface area contributed by atoms with E-state index in [9.17, 15) is 5.11 Å². The number of nitrogens with zero attached hydrogens (tertiary/aromatic N) is 1. The van der Waals surface area contributed by atoms with Crippen LogP contribution in [0.1, 0.15) is 38.9 Å². The van der Waals surface area contributed by atoms with Gasteiger partial charge in [0.15, 0.2) is 0 Å². The highest BCUT2D eigenvalue weighted by Crippen LogP contribution is 2.22. The van der Waals surface area contributed by atoms with E-state index >= 15 is 0 Å². The van der Waals surface area contributed by atoms with E-state index < -0.39 is 6.10 Å². The molecule has 3 heteroatoms. The molecule has 1 aromatic rings. The van der Waals surface area contributed by atoms with Gasteiger partial charge in [-0.05, 0) is 45.0 Å². The third-order valence-corrected chi connectivity index (χ3v) is 3.64. The predicted molar refractivity (Wildman–Crippen MR) is 72.8 cm³/mol. The molecule has 0 radical (unpaired) electrons. The van der Waals surface area contributed by atoms with Crippen molar-refractivity contribution in [1.29, 1.82) is 0 Å². The molecule has 3 nitrogen and oxygen atoms in total. The van der Waals surface area contributed by atoms with E-state index in [2.05, 4.69) is 25.7 Å².